The first-order valence-corrected chi connectivity index (χ1v) is 8.70. The van der Waals surface area contributed by atoms with Crippen molar-refractivity contribution in [1.82, 2.24) is 5.32 Å². The van der Waals surface area contributed by atoms with E-state index in [1.165, 1.54) is 6.08 Å². The normalized spacial score (nSPS) is 10.9. The van der Waals surface area contributed by atoms with Crippen LogP contribution in [0.4, 0.5) is 0 Å². The molecule has 140 valence electrons. The number of para-hydroxylation sites is 1. The lowest BCUT2D eigenvalue weighted by molar-refractivity contribution is -0.132. The second-order valence-electron chi connectivity index (χ2n) is 6.00. The predicted octanol–water partition coefficient (Wildman–Crippen LogP) is 4.12. The van der Waals surface area contributed by atoms with Crippen LogP contribution in [-0.4, -0.2) is 17.0 Å². The van der Waals surface area contributed by atoms with Gasteiger partial charge in [0.15, 0.2) is 0 Å². The third-order valence-electron chi connectivity index (χ3n) is 3.97. The molecule has 0 aliphatic rings. The van der Waals surface area contributed by atoms with Gasteiger partial charge in [0.2, 0.25) is 0 Å². The largest absolute Gasteiger partial charge is 0.488 e. The Morgan fingerprint density at radius 1 is 0.857 bits per heavy atom. The van der Waals surface area contributed by atoms with Crippen LogP contribution in [-0.2, 0) is 11.4 Å². The van der Waals surface area contributed by atoms with Gasteiger partial charge in [0.05, 0.1) is 0 Å². The molecule has 0 fully saturated rings. The zero-order valence-corrected chi connectivity index (χ0v) is 15.0. The molecule has 0 aliphatic heterocycles. The number of carboxylic acids is 1. The molecular weight excluding hydrogens is 354 g/mol. The van der Waals surface area contributed by atoms with Crippen molar-refractivity contribution in [2.75, 3.05) is 0 Å². The first-order valence-electron chi connectivity index (χ1n) is 8.70. The Balaban J connectivity index is 1.81. The first-order chi connectivity index (χ1) is 13.6. The highest BCUT2D eigenvalue weighted by Crippen LogP contribution is 2.22. The zero-order chi connectivity index (χ0) is 19.8. The van der Waals surface area contributed by atoms with Crippen molar-refractivity contribution in [3.8, 4) is 5.75 Å². The van der Waals surface area contributed by atoms with Gasteiger partial charge in [-0.3, -0.25) is 4.79 Å². The molecule has 3 rings (SSSR count). The lowest BCUT2D eigenvalue weighted by atomic mass is 10.1. The molecule has 0 aliphatic carbocycles. The van der Waals surface area contributed by atoms with Crippen molar-refractivity contribution in [2.45, 2.75) is 6.61 Å². The summed E-state index contributed by atoms with van der Waals surface area (Å²) >= 11 is 0. The molecule has 0 bridgehead atoms. The maximum Gasteiger partial charge on any atom is 0.352 e. The molecule has 28 heavy (non-hydrogen) atoms. The van der Waals surface area contributed by atoms with Gasteiger partial charge in [-0.2, -0.15) is 0 Å². The fourth-order valence-electron chi connectivity index (χ4n) is 2.56. The van der Waals surface area contributed by atoms with E-state index in [1.807, 2.05) is 30.3 Å². The zero-order valence-electron chi connectivity index (χ0n) is 15.0. The van der Waals surface area contributed by atoms with Crippen LogP contribution in [0.3, 0.4) is 0 Å². The summed E-state index contributed by atoms with van der Waals surface area (Å²) in [7, 11) is 0. The van der Waals surface area contributed by atoms with E-state index in [1.54, 1.807) is 54.6 Å². The van der Waals surface area contributed by atoms with Gasteiger partial charge >= 0.3 is 5.97 Å². The summed E-state index contributed by atoms with van der Waals surface area (Å²) in [6, 6.07) is 25.2. The molecule has 0 saturated heterocycles. The fourth-order valence-corrected chi connectivity index (χ4v) is 2.56. The lowest BCUT2D eigenvalue weighted by Crippen LogP contribution is -2.27. The molecule has 0 saturated carbocycles. The number of ether oxygens (including phenoxy) is 1. The number of nitrogens with one attached hydrogen (secondary N) is 1. The standard InChI is InChI=1S/C23H19NO4/c25-22(18-11-5-2-6-12-18)24-20(23(26)27)15-19-13-7-8-14-21(19)28-16-17-9-3-1-4-10-17/h1-15H,16H2,(H,24,25)(H,26,27). The Kier molecular flexibility index (Phi) is 6.21. The van der Waals surface area contributed by atoms with Crippen molar-refractivity contribution in [1.29, 1.82) is 0 Å². The number of rotatable bonds is 7. The van der Waals surface area contributed by atoms with Crippen molar-refractivity contribution < 1.29 is 19.4 Å². The summed E-state index contributed by atoms with van der Waals surface area (Å²) < 4.78 is 5.84. The predicted molar refractivity (Wildman–Crippen MR) is 107 cm³/mol. The van der Waals surface area contributed by atoms with Crippen LogP contribution in [0.2, 0.25) is 0 Å². The Labute approximate surface area is 162 Å². The average Bonchev–Trinajstić information content (AvgIpc) is 2.74. The molecule has 0 aromatic heterocycles. The molecule has 0 spiro atoms. The number of benzene rings is 3. The molecule has 3 aromatic rings. The molecule has 0 unspecified atom stereocenters. The van der Waals surface area contributed by atoms with Gasteiger partial charge in [-0.15, -0.1) is 0 Å². The maximum atomic E-state index is 12.3. The Morgan fingerprint density at radius 3 is 2.14 bits per heavy atom. The fraction of sp³-hybridized carbons (Fsp3) is 0.0435. The molecule has 5 heteroatoms. The summed E-state index contributed by atoms with van der Waals surface area (Å²) in [5.41, 5.74) is 1.70. The van der Waals surface area contributed by atoms with E-state index in [0.29, 0.717) is 23.5 Å². The van der Waals surface area contributed by atoms with Crippen molar-refractivity contribution >= 4 is 18.0 Å². The van der Waals surface area contributed by atoms with E-state index in [-0.39, 0.29) is 5.70 Å². The number of aliphatic carboxylic acids is 1. The van der Waals surface area contributed by atoms with Gasteiger partial charge < -0.3 is 15.2 Å². The number of carboxylic acid groups (broad SMARTS) is 1. The minimum Gasteiger partial charge on any atom is -0.488 e. The van der Waals surface area contributed by atoms with Gasteiger partial charge in [-0.05, 0) is 29.8 Å². The topological polar surface area (TPSA) is 75.6 Å². The Morgan fingerprint density at radius 2 is 1.46 bits per heavy atom. The molecule has 3 aromatic carbocycles. The third kappa shape index (κ3) is 5.08. The molecular formula is C23H19NO4. The van der Waals surface area contributed by atoms with Crippen LogP contribution in [0.1, 0.15) is 21.5 Å². The average molecular weight is 373 g/mol. The van der Waals surface area contributed by atoms with E-state index >= 15 is 0 Å². The van der Waals surface area contributed by atoms with Crippen LogP contribution in [0.15, 0.2) is 90.6 Å². The molecule has 1 amide bonds. The SMILES string of the molecule is O=C(O)C(=Cc1ccccc1OCc1ccccc1)NC(=O)c1ccccc1. The monoisotopic (exact) mass is 373 g/mol. The van der Waals surface area contributed by atoms with Crippen molar-refractivity contribution in [2.24, 2.45) is 0 Å². The Hall–Kier alpha value is -3.86. The summed E-state index contributed by atoms with van der Waals surface area (Å²) in [5, 5.41) is 12.0. The van der Waals surface area contributed by atoms with E-state index in [0.717, 1.165) is 5.56 Å². The van der Waals surface area contributed by atoms with Gasteiger partial charge in [0, 0.05) is 11.1 Å². The Bertz CT molecular complexity index is 982. The number of hydrogen-bond donors (Lipinski definition) is 2. The van der Waals surface area contributed by atoms with E-state index in [4.69, 9.17) is 4.74 Å². The molecule has 0 radical (unpaired) electrons. The molecule has 0 heterocycles. The highest BCUT2D eigenvalue weighted by atomic mass is 16.5. The molecule has 0 atom stereocenters. The summed E-state index contributed by atoms with van der Waals surface area (Å²) in [6.45, 7) is 0.352. The van der Waals surface area contributed by atoms with Crippen molar-refractivity contribution in [3.63, 3.8) is 0 Å². The minimum atomic E-state index is -1.23. The number of hydrogen-bond acceptors (Lipinski definition) is 3. The second kappa shape index (κ2) is 9.19. The van der Waals surface area contributed by atoms with E-state index in [9.17, 15) is 14.7 Å². The highest BCUT2D eigenvalue weighted by molar-refractivity contribution is 6.02. The minimum absolute atomic E-state index is 0.232. The summed E-state index contributed by atoms with van der Waals surface area (Å²) in [5.74, 6) is -1.20. The van der Waals surface area contributed by atoms with Crippen molar-refractivity contribution in [3.05, 3.63) is 107 Å². The quantitative estimate of drug-likeness (QED) is 0.611. The smallest absolute Gasteiger partial charge is 0.352 e. The highest BCUT2D eigenvalue weighted by Gasteiger charge is 2.14. The molecule has 5 nitrogen and oxygen atoms in total. The number of amides is 1. The van der Waals surface area contributed by atoms with Gasteiger partial charge in [0.25, 0.3) is 5.91 Å². The lowest BCUT2D eigenvalue weighted by Gasteiger charge is -2.11. The third-order valence-corrected chi connectivity index (χ3v) is 3.97. The van der Waals surface area contributed by atoms with E-state index in [2.05, 4.69) is 5.32 Å². The number of carbonyl (C=O) groups is 2. The summed E-state index contributed by atoms with van der Waals surface area (Å²) in [6.07, 6.45) is 1.39. The molecule has 2 N–H and O–H groups in total. The number of carbonyl (C=O) groups excluding carboxylic acids is 1. The second-order valence-corrected chi connectivity index (χ2v) is 6.00. The first kappa shape index (κ1) is 18.9. The van der Waals surface area contributed by atoms with Crippen LogP contribution in [0.5, 0.6) is 5.75 Å². The summed E-state index contributed by atoms with van der Waals surface area (Å²) in [4.78, 5) is 23.9. The van der Waals surface area contributed by atoms with Gasteiger partial charge in [0.1, 0.15) is 18.1 Å². The van der Waals surface area contributed by atoms with Gasteiger partial charge in [-0.1, -0.05) is 66.7 Å². The van der Waals surface area contributed by atoms with Crippen LogP contribution in [0, 0.1) is 0 Å². The van der Waals surface area contributed by atoms with E-state index < -0.39 is 11.9 Å². The van der Waals surface area contributed by atoms with Crippen LogP contribution in [0.25, 0.3) is 6.08 Å². The van der Waals surface area contributed by atoms with Crippen LogP contribution >= 0.6 is 0 Å². The maximum absolute atomic E-state index is 12.3. The van der Waals surface area contributed by atoms with Crippen LogP contribution < -0.4 is 10.1 Å². The van der Waals surface area contributed by atoms with Gasteiger partial charge in [-0.25, -0.2) is 4.79 Å².